The van der Waals surface area contributed by atoms with E-state index in [9.17, 15) is 9.59 Å². The number of carbonyl (C=O) groups is 2. The van der Waals surface area contributed by atoms with Gasteiger partial charge in [-0.15, -0.1) is 0 Å². The number of rotatable bonds is 3. The molecule has 1 unspecified atom stereocenters. The smallest absolute Gasteiger partial charge is 0.261 e. The molecule has 16 heavy (non-hydrogen) atoms. The molecular formula is C12H13NO3. The van der Waals surface area contributed by atoms with E-state index in [1.54, 1.807) is 31.2 Å². The molecule has 1 aromatic carbocycles. The molecule has 4 heteroatoms. The molecule has 0 bridgehead atoms. The molecule has 84 valence electrons. The van der Waals surface area contributed by atoms with Crippen LogP contribution in [0.1, 0.15) is 34.1 Å². The Morgan fingerprint density at radius 2 is 1.69 bits per heavy atom. The van der Waals surface area contributed by atoms with Crippen LogP contribution >= 0.6 is 0 Å². The first-order valence-electron chi connectivity index (χ1n) is 5.24. The molecule has 1 N–H and O–H groups in total. The van der Waals surface area contributed by atoms with Gasteiger partial charge in [0.15, 0.2) is 0 Å². The first-order chi connectivity index (χ1) is 7.66. The second kappa shape index (κ2) is 4.06. The van der Waals surface area contributed by atoms with E-state index in [1.165, 1.54) is 4.90 Å². The standard InChI is InChI=1S/C12H13NO3/c1-8(6-7-14)13-11(15)9-4-2-3-5-10(9)12(13)16/h2-5,8,14H,6-7H2,1H3. The lowest BCUT2D eigenvalue weighted by Crippen LogP contribution is -2.38. The highest BCUT2D eigenvalue weighted by Gasteiger charge is 2.37. The van der Waals surface area contributed by atoms with E-state index >= 15 is 0 Å². The predicted octanol–water partition coefficient (Wildman–Crippen LogP) is 1.05. The summed E-state index contributed by atoms with van der Waals surface area (Å²) >= 11 is 0. The average Bonchev–Trinajstić information content (AvgIpc) is 2.53. The van der Waals surface area contributed by atoms with Crippen molar-refractivity contribution in [2.24, 2.45) is 0 Å². The van der Waals surface area contributed by atoms with Gasteiger partial charge in [0.25, 0.3) is 11.8 Å². The van der Waals surface area contributed by atoms with Crippen molar-refractivity contribution in [1.29, 1.82) is 0 Å². The topological polar surface area (TPSA) is 57.6 Å². The van der Waals surface area contributed by atoms with Gasteiger partial charge in [0.05, 0.1) is 11.1 Å². The highest BCUT2D eigenvalue weighted by molar-refractivity contribution is 6.21. The number of imide groups is 1. The number of amides is 2. The zero-order valence-corrected chi connectivity index (χ0v) is 9.01. The Hall–Kier alpha value is -1.68. The fraction of sp³-hybridized carbons (Fsp3) is 0.333. The molecule has 0 radical (unpaired) electrons. The molecule has 1 atom stereocenters. The maximum absolute atomic E-state index is 11.9. The van der Waals surface area contributed by atoms with Crippen molar-refractivity contribution in [2.45, 2.75) is 19.4 Å². The molecule has 1 aliphatic heterocycles. The molecule has 4 nitrogen and oxygen atoms in total. The van der Waals surface area contributed by atoms with Crippen molar-refractivity contribution in [1.82, 2.24) is 4.90 Å². The van der Waals surface area contributed by atoms with E-state index < -0.39 is 0 Å². The molecule has 0 fully saturated rings. The largest absolute Gasteiger partial charge is 0.396 e. The van der Waals surface area contributed by atoms with Crippen molar-refractivity contribution in [2.75, 3.05) is 6.61 Å². The van der Waals surface area contributed by atoms with Gasteiger partial charge in [-0.25, -0.2) is 0 Å². The lowest BCUT2D eigenvalue weighted by Gasteiger charge is -2.21. The summed E-state index contributed by atoms with van der Waals surface area (Å²) in [6, 6.07) is 6.52. The molecule has 2 amide bonds. The van der Waals surface area contributed by atoms with E-state index in [0.29, 0.717) is 17.5 Å². The highest BCUT2D eigenvalue weighted by Crippen LogP contribution is 2.24. The Bertz CT molecular complexity index is 407. The Morgan fingerprint density at radius 1 is 1.19 bits per heavy atom. The van der Waals surface area contributed by atoms with E-state index in [1.807, 2.05) is 0 Å². The molecule has 2 rings (SSSR count). The molecule has 1 aliphatic rings. The van der Waals surface area contributed by atoms with Crippen LogP contribution in [-0.4, -0.2) is 34.5 Å². The Labute approximate surface area is 93.5 Å². The van der Waals surface area contributed by atoms with Gasteiger partial charge in [0, 0.05) is 12.6 Å². The van der Waals surface area contributed by atoms with Crippen molar-refractivity contribution in [3.63, 3.8) is 0 Å². The predicted molar refractivity (Wildman–Crippen MR) is 58.1 cm³/mol. The van der Waals surface area contributed by atoms with E-state index in [0.717, 1.165) is 0 Å². The number of nitrogens with zero attached hydrogens (tertiary/aromatic N) is 1. The zero-order valence-electron chi connectivity index (χ0n) is 9.01. The summed E-state index contributed by atoms with van der Waals surface area (Å²) < 4.78 is 0. The van der Waals surface area contributed by atoms with Crippen LogP contribution in [0.5, 0.6) is 0 Å². The number of hydrogen-bond acceptors (Lipinski definition) is 3. The van der Waals surface area contributed by atoms with E-state index in [4.69, 9.17) is 5.11 Å². The van der Waals surface area contributed by atoms with Crippen molar-refractivity contribution < 1.29 is 14.7 Å². The van der Waals surface area contributed by atoms with Gasteiger partial charge in [-0.3, -0.25) is 14.5 Å². The molecule has 0 aliphatic carbocycles. The molecule has 0 spiro atoms. The second-order valence-corrected chi connectivity index (χ2v) is 3.89. The Morgan fingerprint density at radius 3 is 2.12 bits per heavy atom. The SMILES string of the molecule is CC(CCO)N1C(=O)c2ccccc2C1=O. The first kappa shape index (κ1) is 10.8. The van der Waals surface area contributed by atoms with Crippen LogP contribution in [0.25, 0.3) is 0 Å². The fourth-order valence-electron chi connectivity index (χ4n) is 1.92. The summed E-state index contributed by atoms with van der Waals surface area (Å²) in [6.45, 7) is 1.73. The molecular weight excluding hydrogens is 206 g/mol. The minimum Gasteiger partial charge on any atom is -0.396 e. The molecule has 0 saturated carbocycles. The number of fused-ring (bicyclic) bond motifs is 1. The molecule has 0 aromatic heterocycles. The van der Waals surface area contributed by atoms with Gasteiger partial charge >= 0.3 is 0 Å². The summed E-state index contributed by atoms with van der Waals surface area (Å²) in [5, 5.41) is 8.84. The van der Waals surface area contributed by atoms with Crippen LogP contribution in [-0.2, 0) is 0 Å². The van der Waals surface area contributed by atoms with E-state index in [2.05, 4.69) is 0 Å². The monoisotopic (exact) mass is 219 g/mol. The van der Waals surface area contributed by atoms with Crippen LogP contribution < -0.4 is 0 Å². The van der Waals surface area contributed by atoms with Gasteiger partial charge in [-0.1, -0.05) is 12.1 Å². The minimum absolute atomic E-state index is 0.0332. The number of benzene rings is 1. The van der Waals surface area contributed by atoms with Crippen molar-refractivity contribution >= 4 is 11.8 Å². The maximum Gasteiger partial charge on any atom is 0.261 e. The van der Waals surface area contributed by atoms with Crippen LogP contribution in [0.4, 0.5) is 0 Å². The fourth-order valence-corrected chi connectivity index (χ4v) is 1.92. The molecule has 0 saturated heterocycles. The molecule has 1 aromatic rings. The Balaban J connectivity index is 2.35. The quantitative estimate of drug-likeness (QED) is 0.773. The van der Waals surface area contributed by atoms with Crippen LogP contribution in [0.2, 0.25) is 0 Å². The van der Waals surface area contributed by atoms with Crippen LogP contribution in [0, 0.1) is 0 Å². The lowest BCUT2D eigenvalue weighted by molar-refractivity contribution is 0.0576. The maximum atomic E-state index is 11.9. The Kier molecular flexibility index (Phi) is 2.75. The average molecular weight is 219 g/mol. The summed E-state index contributed by atoms with van der Waals surface area (Å²) in [5.41, 5.74) is 0.912. The third-order valence-corrected chi connectivity index (χ3v) is 2.81. The third kappa shape index (κ3) is 1.51. The van der Waals surface area contributed by atoms with E-state index in [-0.39, 0.29) is 24.5 Å². The number of hydrogen-bond donors (Lipinski definition) is 1. The second-order valence-electron chi connectivity index (χ2n) is 3.89. The van der Waals surface area contributed by atoms with Crippen LogP contribution in [0.3, 0.4) is 0 Å². The van der Waals surface area contributed by atoms with Gasteiger partial charge in [0.2, 0.25) is 0 Å². The molecule has 1 heterocycles. The van der Waals surface area contributed by atoms with Gasteiger partial charge in [0.1, 0.15) is 0 Å². The number of aliphatic hydroxyl groups excluding tert-OH is 1. The first-order valence-corrected chi connectivity index (χ1v) is 5.24. The lowest BCUT2D eigenvalue weighted by atomic mass is 10.1. The third-order valence-electron chi connectivity index (χ3n) is 2.81. The minimum atomic E-state index is -0.266. The normalized spacial score (nSPS) is 16.5. The summed E-state index contributed by atoms with van der Waals surface area (Å²) in [5.74, 6) is -0.525. The van der Waals surface area contributed by atoms with Crippen molar-refractivity contribution in [3.05, 3.63) is 35.4 Å². The summed E-state index contributed by atoms with van der Waals surface area (Å²) in [6.07, 6.45) is 0.408. The zero-order chi connectivity index (χ0) is 11.7. The van der Waals surface area contributed by atoms with Gasteiger partial charge in [-0.2, -0.15) is 0 Å². The summed E-state index contributed by atoms with van der Waals surface area (Å²) in [4.78, 5) is 25.1. The van der Waals surface area contributed by atoms with Crippen LogP contribution in [0.15, 0.2) is 24.3 Å². The number of aliphatic hydroxyl groups is 1. The summed E-state index contributed by atoms with van der Waals surface area (Å²) in [7, 11) is 0. The van der Waals surface area contributed by atoms with Gasteiger partial charge < -0.3 is 5.11 Å². The van der Waals surface area contributed by atoms with Gasteiger partial charge in [-0.05, 0) is 25.5 Å². The highest BCUT2D eigenvalue weighted by atomic mass is 16.3. The van der Waals surface area contributed by atoms with Crippen molar-refractivity contribution in [3.8, 4) is 0 Å². The number of carbonyl (C=O) groups excluding carboxylic acids is 2.